The molecule has 0 aliphatic heterocycles. The van der Waals surface area contributed by atoms with Crippen LogP contribution in [-0.2, 0) is 6.18 Å². The summed E-state index contributed by atoms with van der Waals surface area (Å²) >= 11 is 5.56. The van der Waals surface area contributed by atoms with Crippen LogP contribution in [0, 0.1) is 0 Å². The lowest BCUT2D eigenvalue weighted by molar-refractivity contribution is -0.137. The quantitative estimate of drug-likeness (QED) is 0.275. The number of halogens is 4. The number of anilines is 4. The van der Waals surface area contributed by atoms with Gasteiger partial charge in [-0.25, -0.2) is 20.2 Å². The highest BCUT2D eigenvalue weighted by Gasteiger charge is 2.33. The smallest absolute Gasteiger partial charge is 0.324 e. The lowest BCUT2D eigenvalue weighted by Gasteiger charge is -2.12. The molecule has 0 atom stereocenters. The molecule has 9 nitrogen and oxygen atoms in total. The SMILES string of the molecule is O=C(Nc1ccc(Nc2ncc(C(=O)NO)cn2)cc1)Nc1ccc(Cl)c(C(F)(F)F)c1. The number of aromatic nitrogens is 2. The topological polar surface area (TPSA) is 128 Å². The fourth-order valence-electron chi connectivity index (χ4n) is 2.45. The summed E-state index contributed by atoms with van der Waals surface area (Å²) in [6, 6.07) is 8.56. The fraction of sp³-hybridized carbons (Fsp3) is 0.0526. The van der Waals surface area contributed by atoms with E-state index < -0.39 is 28.7 Å². The maximum Gasteiger partial charge on any atom is 0.417 e. The molecule has 1 aromatic heterocycles. The van der Waals surface area contributed by atoms with Crippen molar-refractivity contribution in [3.63, 3.8) is 0 Å². The highest BCUT2D eigenvalue weighted by atomic mass is 35.5. The number of urea groups is 1. The van der Waals surface area contributed by atoms with Crippen molar-refractivity contribution in [1.82, 2.24) is 15.4 Å². The molecule has 1 heterocycles. The van der Waals surface area contributed by atoms with E-state index in [2.05, 4.69) is 25.9 Å². The van der Waals surface area contributed by atoms with Gasteiger partial charge >= 0.3 is 12.2 Å². The first-order chi connectivity index (χ1) is 15.2. The van der Waals surface area contributed by atoms with Crippen molar-refractivity contribution >= 4 is 46.5 Å². The Bertz CT molecular complexity index is 1120. The number of benzene rings is 2. The van der Waals surface area contributed by atoms with E-state index in [9.17, 15) is 22.8 Å². The van der Waals surface area contributed by atoms with Gasteiger partial charge in [-0.2, -0.15) is 13.2 Å². The number of hydrogen-bond acceptors (Lipinski definition) is 6. The van der Waals surface area contributed by atoms with Crippen molar-refractivity contribution in [1.29, 1.82) is 0 Å². The van der Waals surface area contributed by atoms with Crippen LogP contribution in [0.25, 0.3) is 0 Å². The largest absolute Gasteiger partial charge is 0.417 e. The zero-order valence-corrected chi connectivity index (χ0v) is 16.6. The molecule has 0 radical (unpaired) electrons. The molecule has 0 saturated carbocycles. The van der Waals surface area contributed by atoms with E-state index in [0.29, 0.717) is 11.4 Å². The van der Waals surface area contributed by atoms with Gasteiger partial charge in [0.15, 0.2) is 0 Å². The Labute approximate surface area is 183 Å². The van der Waals surface area contributed by atoms with Crippen molar-refractivity contribution in [2.24, 2.45) is 0 Å². The summed E-state index contributed by atoms with van der Waals surface area (Å²) in [6.07, 6.45) is -2.23. The molecule has 0 saturated heterocycles. The van der Waals surface area contributed by atoms with E-state index in [-0.39, 0.29) is 17.2 Å². The van der Waals surface area contributed by atoms with Crippen LogP contribution in [0.1, 0.15) is 15.9 Å². The van der Waals surface area contributed by atoms with Gasteiger partial charge in [0.05, 0.1) is 16.1 Å². The summed E-state index contributed by atoms with van der Waals surface area (Å²) in [4.78, 5) is 31.2. The molecule has 2 aromatic carbocycles. The van der Waals surface area contributed by atoms with E-state index >= 15 is 0 Å². The monoisotopic (exact) mass is 466 g/mol. The average molecular weight is 467 g/mol. The van der Waals surface area contributed by atoms with Gasteiger partial charge < -0.3 is 16.0 Å². The summed E-state index contributed by atoms with van der Waals surface area (Å²) in [5.74, 6) is -0.570. The summed E-state index contributed by atoms with van der Waals surface area (Å²) in [5, 5.41) is 15.8. The van der Waals surface area contributed by atoms with Crippen molar-refractivity contribution in [2.75, 3.05) is 16.0 Å². The molecule has 5 N–H and O–H groups in total. The van der Waals surface area contributed by atoms with Crippen molar-refractivity contribution < 1.29 is 28.0 Å². The number of nitrogens with one attached hydrogen (secondary N) is 4. The summed E-state index contributed by atoms with van der Waals surface area (Å²) in [7, 11) is 0. The van der Waals surface area contributed by atoms with Crippen LogP contribution in [-0.4, -0.2) is 27.1 Å². The minimum Gasteiger partial charge on any atom is -0.324 e. The van der Waals surface area contributed by atoms with Crippen LogP contribution < -0.4 is 21.4 Å². The number of alkyl halides is 3. The number of carbonyl (C=O) groups excluding carboxylic acids is 2. The third-order valence-corrected chi connectivity index (χ3v) is 4.27. The number of hydroxylamine groups is 1. The molecule has 0 unspecified atom stereocenters. The number of nitrogens with zero attached hydrogens (tertiary/aromatic N) is 2. The van der Waals surface area contributed by atoms with Crippen LogP contribution in [0.4, 0.5) is 41.0 Å². The van der Waals surface area contributed by atoms with Gasteiger partial charge in [0.2, 0.25) is 5.95 Å². The molecule has 0 spiro atoms. The van der Waals surface area contributed by atoms with Gasteiger partial charge in [-0.05, 0) is 42.5 Å². The van der Waals surface area contributed by atoms with E-state index in [0.717, 1.165) is 12.1 Å². The molecule has 166 valence electrons. The Kier molecular flexibility index (Phi) is 6.76. The van der Waals surface area contributed by atoms with Crippen LogP contribution in [0.5, 0.6) is 0 Å². The lowest BCUT2D eigenvalue weighted by atomic mass is 10.2. The Hall–Kier alpha value is -3.90. The van der Waals surface area contributed by atoms with Gasteiger partial charge in [0.1, 0.15) is 0 Å². The second kappa shape index (κ2) is 9.49. The Morgan fingerprint density at radius 3 is 2.06 bits per heavy atom. The van der Waals surface area contributed by atoms with Crippen molar-refractivity contribution in [3.05, 3.63) is 71.0 Å². The summed E-state index contributed by atoms with van der Waals surface area (Å²) in [5.41, 5.74) is 1.32. The number of rotatable bonds is 5. The minimum atomic E-state index is -4.65. The maximum atomic E-state index is 12.9. The normalized spacial score (nSPS) is 10.9. The maximum absolute atomic E-state index is 12.9. The van der Waals surface area contributed by atoms with Crippen LogP contribution in [0.2, 0.25) is 5.02 Å². The minimum absolute atomic E-state index is 0.0617. The molecule has 3 amide bonds. The predicted molar refractivity (Wildman–Crippen MR) is 110 cm³/mol. The van der Waals surface area contributed by atoms with Crippen LogP contribution >= 0.6 is 11.6 Å². The number of carbonyl (C=O) groups is 2. The third kappa shape index (κ3) is 5.83. The molecule has 3 aromatic rings. The van der Waals surface area contributed by atoms with Crippen molar-refractivity contribution in [3.8, 4) is 0 Å². The van der Waals surface area contributed by atoms with E-state index in [1.807, 2.05) is 0 Å². The molecule has 0 fully saturated rings. The molecule has 3 rings (SSSR count). The first-order valence-electron chi connectivity index (χ1n) is 8.74. The highest BCUT2D eigenvalue weighted by molar-refractivity contribution is 6.31. The zero-order valence-electron chi connectivity index (χ0n) is 15.9. The second-order valence-electron chi connectivity index (χ2n) is 6.21. The second-order valence-corrected chi connectivity index (χ2v) is 6.62. The lowest BCUT2D eigenvalue weighted by Crippen LogP contribution is -2.20. The Morgan fingerprint density at radius 1 is 0.906 bits per heavy atom. The fourth-order valence-corrected chi connectivity index (χ4v) is 2.68. The Morgan fingerprint density at radius 2 is 1.47 bits per heavy atom. The van der Waals surface area contributed by atoms with E-state index in [1.54, 1.807) is 24.3 Å². The molecule has 0 aliphatic carbocycles. The molecule has 0 bridgehead atoms. The molecular weight excluding hydrogens is 453 g/mol. The molecule has 0 aliphatic rings. The molecular formula is C19H14ClF3N6O3. The predicted octanol–water partition coefficient (Wildman–Crippen LogP) is 4.66. The standard InChI is InChI=1S/C19H14ClF3N6O3/c20-15-6-5-13(7-14(15)19(21,22)23)28-18(31)27-12-3-1-11(2-4-12)26-17-24-8-10(9-25-17)16(30)29-32/h1-9,32H,(H,29,30)(H,24,25,26)(H2,27,28,31). The van der Waals surface area contributed by atoms with Crippen LogP contribution in [0.15, 0.2) is 54.9 Å². The molecule has 13 heteroatoms. The van der Waals surface area contributed by atoms with Gasteiger partial charge in [0.25, 0.3) is 5.91 Å². The van der Waals surface area contributed by atoms with Gasteiger partial charge in [-0.15, -0.1) is 0 Å². The van der Waals surface area contributed by atoms with E-state index in [1.165, 1.54) is 23.9 Å². The Balaban J connectivity index is 1.60. The number of hydrogen-bond donors (Lipinski definition) is 5. The van der Waals surface area contributed by atoms with Crippen LogP contribution in [0.3, 0.4) is 0 Å². The summed E-state index contributed by atoms with van der Waals surface area (Å²) < 4.78 is 38.8. The van der Waals surface area contributed by atoms with Crippen molar-refractivity contribution in [2.45, 2.75) is 6.18 Å². The van der Waals surface area contributed by atoms with E-state index in [4.69, 9.17) is 16.8 Å². The van der Waals surface area contributed by atoms with Gasteiger partial charge in [0, 0.05) is 29.5 Å². The first kappa shape index (κ1) is 22.8. The number of amides is 3. The highest BCUT2D eigenvalue weighted by Crippen LogP contribution is 2.36. The first-order valence-corrected chi connectivity index (χ1v) is 9.12. The molecule has 32 heavy (non-hydrogen) atoms. The summed E-state index contributed by atoms with van der Waals surface area (Å²) in [6.45, 7) is 0. The van der Waals surface area contributed by atoms with Gasteiger partial charge in [-0.3, -0.25) is 10.0 Å². The average Bonchev–Trinajstić information content (AvgIpc) is 2.75. The third-order valence-electron chi connectivity index (χ3n) is 3.94. The van der Waals surface area contributed by atoms with Gasteiger partial charge in [-0.1, -0.05) is 11.6 Å². The zero-order chi connectivity index (χ0) is 23.3.